The van der Waals surface area contributed by atoms with Gasteiger partial charge in [-0.05, 0) is 23.8 Å². The van der Waals surface area contributed by atoms with Crippen LogP contribution in [0.15, 0.2) is 65.1 Å². The van der Waals surface area contributed by atoms with Crippen LogP contribution in [0.1, 0.15) is 21.5 Å². The van der Waals surface area contributed by atoms with Gasteiger partial charge < -0.3 is 81.8 Å². The molecule has 0 radical (unpaired) electrons. The van der Waals surface area contributed by atoms with Gasteiger partial charge in [0.2, 0.25) is 0 Å². The molecular formula is C26H13BrFeO2-10. The van der Waals surface area contributed by atoms with Crippen LogP contribution >= 0.6 is 15.9 Å². The van der Waals surface area contributed by atoms with E-state index in [1.807, 2.05) is 36.4 Å². The Morgan fingerprint density at radius 1 is 1.03 bits per heavy atom. The summed E-state index contributed by atoms with van der Waals surface area (Å²) < 4.78 is 6.65. The molecule has 0 aromatic heterocycles. The minimum Gasteiger partial charge on any atom is -0.999 e. The second kappa shape index (κ2) is 12.8. The summed E-state index contributed by atoms with van der Waals surface area (Å²) in [5.41, 5.74) is 2.18. The molecule has 0 spiro atoms. The third-order valence-electron chi connectivity index (χ3n) is 3.65. The molecule has 4 aromatic carbocycles. The molecule has 4 aromatic rings. The van der Waals surface area contributed by atoms with Gasteiger partial charge in [-0.15, -0.1) is 0 Å². The Bertz CT molecular complexity index is 1000. The van der Waals surface area contributed by atoms with Gasteiger partial charge >= 0.3 is 0 Å². The number of halogens is 1. The van der Waals surface area contributed by atoms with Gasteiger partial charge in [-0.2, -0.15) is 0 Å². The fraction of sp³-hybridized carbons (Fsp3) is 0.0385. The fourth-order valence-corrected chi connectivity index (χ4v) is 2.66. The van der Waals surface area contributed by atoms with Crippen LogP contribution in [-0.4, -0.2) is 5.78 Å². The summed E-state index contributed by atoms with van der Waals surface area (Å²) in [6.07, 6.45) is 3.11. The van der Waals surface area contributed by atoms with Gasteiger partial charge in [0.1, 0.15) is 12.4 Å². The Labute approximate surface area is 196 Å². The zero-order chi connectivity index (χ0) is 20.3. The van der Waals surface area contributed by atoms with Crippen molar-refractivity contribution < 1.29 is 26.6 Å². The second-order valence-electron chi connectivity index (χ2n) is 5.71. The number of ether oxygens (including phenoxy) is 1. The van der Waals surface area contributed by atoms with E-state index in [9.17, 15) is 4.79 Å². The third kappa shape index (κ3) is 7.64. The van der Waals surface area contributed by atoms with Crippen molar-refractivity contribution in [2.45, 2.75) is 6.61 Å². The molecule has 0 aliphatic rings. The molecule has 2 nitrogen and oxygen atoms in total. The molecule has 4 rings (SSSR count). The van der Waals surface area contributed by atoms with Gasteiger partial charge in [-0.1, -0.05) is 46.3 Å². The number of carbonyl (C=O) groups excluding carboxylic acids is 1. The van der Waals surface area contributed by atoms with E-state index in [0.29, 0.717) is 23.5 Å². The molecule has 0 saturated carbocycles. The summed E-state index contributed by atoms with van der Waals surface area (Å²) in [7, 11) is 0. The molecule has 0 atom stereocenters. The van der Waals surface area contributed by atoms with Crippen LogP contribution in [0.25, 0.3) is 6.08 Å². The summed E-state index contributed by atoms with van der Waals surface area (Å²) in [4.78, 5) is 12.5. The molecule has 4 heteroatoms. The number of carbonyl (C=O) groups is 1. The van der Waals surface area contributed by atoms with Gasteiger partial charge in [0.05, 0.1) is 0 Å². The van der Waals surface area contributed by atoms with Crippen molar-refractivity contribution in [1.29, 1.82) is 0 Å². The summed E-state index contributed by atoms with van der Waals surface area (Å²) in [5.74, 6) is 0.396. The van der Waals surface area contributed by atoms with E-state index in [1.54, 1.807) is 24.3 Å². The van der Waals surface area contributed by atoms with E-state index >= 15 is 0 Å². The first-order valence-corrected chi connectivity index (χ1v) is 9.42. The van der Waals surface area contributed by atoms with Crippen molar-refractivity contribution in [1.82, 2.24) is 0 Å². The summed E-state index contributed by atoms with van der Waals surface area (Å²) >= 11 is 3.40. The molecule has 0 unspecified atom stereocenters. The number of benzene rings is 2. The monoisotopic (exact) mass is 492 g/mol. The standard InChI is InChI=1S/C21H12BrO2.C5H.Fe/c22-18-11-13-21(24-15-17-8-2-1-3-9-17)19(14-18)20(23)12-10-16-6-4-5-7-16;1-2-4-5-3-1;/h1-3,8-14H,15H2;1H;/q2*-5;. The molecule has 0 N–H and O–H groups in total. The molecule has 30 heavy (non-hydrogen) atoms. The molecular weight excluding hydrogens is 480 g/mol. The first kappa shape index (κ1) is 23.6. The van der Waals surface area contributed by atoms with Crippen LogP contribution in [0.4, 0.5) is 0 Å². The first-order valence-electron chi connectivity index (χ1n) is 8.63. The zero-order valence-corrected chi connectivity index (χ0v) is 18.3. The smallest absolute Gasteiger partial charge is 0.128 e. The van der Waals surface area contributed by atoms with Crippen molar-refractivity contribution in [3.63, 3.8) is 0 Å². The Kier molecular flexibility index (Phi) is 10.1. The largest absolute Gasteiger partial charge is 0.999 e. The van der Waals surface area contributed by atoms with Gasteiger partial charge in [0.15, 0.2) is 0 Å². The second-order valence-corrected chi connectivity index (χ2v) is 6.62. The maximum atomic E-state index is 12.5. The SMILES string of the molecule is O=C(C=C[c-]1[c-][c-][c-][c-]1)c1cc(Br)ccc1OCc1ccccc1.[Fe].[c-]1[c-][c-][cH-][c-]1. The van der Waals surface area contributed by atoms with Crippen molar-refractivity contribution >= 4 is 27.8 Å². The molecule has 0 aliphatic heterocycles. The Hall–Kier alpha value is -2.65. The van der Waals surface area contributed by atoms with Crippen LogP contribution in [0.5, 0.6) is 5.75 Å². The summed E-state index contributed by atoms with van der Waals surface area (Å²) in [5, 5.41) is 0. The van der Waals surface area contributed by atoms with E-state index in [-0.39, 0.29) is 22.9 Å². The minimum atomic E-state index is -0.151. The van der Waals surface area contributed by atoms with E-state index in [0.717, 1.165) is 10.0 Å². The van der Waals surface area contributed by atoms with Crippen molar-refractivity contribution in [3.8, 4) is 5.75 Å². The van der Waals surface area contributed by atoms with E-state index < -0.39 is 0 Å². The maximum Gasteiger partial charge on any atom is 0.128 e. The van der Waals surface area contributed by atoms with Crippen molar-refractivity contribution in [2.75, 3.05) is 0 Å². The predicted molar refractivity (Wildman–Crippen MR) is 113 cm³/mol. The number of hydrogen-bond donors (Lipinski definition) is 0. The Morgan fingerprint density at radius 3 is 2.37 bits per heavy atom. The van der Waals surface area contributed by atoms with Gasteiger partial charge in [0.25, 0.3) is 0 Å². The van der Waals surface area contributed by atoms with Crippen LogP contribution < -0.4 is 4.74 Å². The average Bonchev–Trinajstić information content (AvgIpc) is 3.48. The number of ketones is 1. The van der Waals surface area contributed by atoms with Gasteiger partial charge in [-0.25, -0.2) is 0 Å². The van der Waals surface area contributed by atoms with Crippen LogP contribution in [0.3, 0.4) is 0 Å². The molecule has 0 fully saturated rings. The number of hydrogen-bond acceptors (Lipinski definition) is 2. The quantitative estimate of drug-likeness (QED) is 0.155. The van der Waals surface area contributed by atoms with Gasteiger partial charge in [-0.3, -0.25) is 0 Å². The first-order chi connectivity index (χ1) is 14.2. The summed E-state index contributed by atoms with van der Waals surface area (Å²) in [6, 6.07) is 38.1. The average molecular weight is 493 g/mol. The predicted octanol–water partition coefficient (Wildman–Crippen LogP) is 5.45. The topological polar surface area (TPSA) is 26.3 Å². The van der Waals surface area contributed by atoms with E-state index in [4.69, 9.17) is 4.74 Å². The van der Waals surface area contributed by atoms with Crippen LogP contribution in [0, 0.1) is 48.5 Å². The molecule has 0 heterocycles. The van der Waals surface area contributed by atoms with Gasteiger partial charge in [0, 0.05) is 32.9 Å². The number of rotatable bonds is 6. The third-order valence-corrected chi connectivity index (χ3v) is 4.15. The van der Waals surface area contributed by atoms with E-state index in [2.05, 4.69) is 64.5 Å². The fourth-order valence-electron chi connectivity index (χ4n) is 2.30. The Balaban J connectivity index is 0.000000468. The number of allylic oxidation sites excluding steroid dienone is 1. The van der Waals surface area contributed by atoms with Crippen molar-refractivity contribution in [2.24, 2.45) is 0 Å². The minimum absolute atomic E-state index is 0. The van der Waals surface area contributed by atoms with Crippen LogP contribution in [-0.2, 0) is 23.7 Å². The molecule has 0 bridgehead atoms. The summed E-state index contributed by atoms with van der Waals surface area (Å²) in [6.45, 7) is 0.404. The molecule has 154 valence electrons. The van der Waals surface area contributed by atoms with Crippen LogP contribution in [0.2, 0.25) is 0 Å². The van der Waals surface area contributed by atoms with E-state index in [1.165, 1.54) is 6.08 Å². The molecule has 0 saturated heterocycles. The molecule has 0 aliphatic carbocycles. The Morgan fingerprint density at radius 2 is 1.73 bits per heavy atom. The normalized spacial score (nSPS) is 10.0. The zero-order valence-electron chi connectivity index (χ0n) is 15.6. The maximum absolute atomic E-state index is 12.5. The molecule has 0 amide bonds. The van der Waals surface area contributed by atoms with Crippen molar-refractivity contribution in [3.05, 3.63) is 130 Å².